The second-order valence-corrected chi connectivity index (χ2v) is 7.17. The fourth-order valence-corrected chi connectivity index (χ4v) is 3.16. The molecule has 0 spiro atoms. The van der Waals surface area contributed by atoms with Crippen molar-refractivity contribution in [2.75, 3.05) is 18.9 Å². The molecule has 0 fully saturated rings. The van der Waals surface area contributed by atoms with Gasteiger partial charge in [-0.2, -0.15) is 0 Å². The Balaban J connectivity index is 1.63. The van der Waals surface area contributed by atoms with Gasteiger partial charge in [-0.05, 0) is 49.1 Å². The maximum absolute atomic E-state index is 12.6. The number of hydrogen-bond acceptors (Lipinski definition) is 3. The molecule has 3 aromatic rings. The van der Waals surface area contributed by atoms with Gasteiger partial charge in [0.1, 0.15) is 5.58 Å². The summed E-state index contributed by atoms with van der Waals surface area (Å²) in [5, 5.41) is 3.83. The molecular weight excluding hydrogens is 352 g/mol. The molecule has 5 heteroatoms. The van der Waals surface area contributed by atoms with Crippen LogP contribution in [0.1, 0.15) is 29.2 Å². The molecule has 0 aliphatic heterocycles. The number of amides is 2. The smallest absolute Gasteiger partial charge is 0.243 e. The summed E-state index contributed by atoms with van der Waals surface area (Å²) in [7, 11) is 1.64. The zero-order chi connectivity index (χ0) is 20.3. The van der Waals surface area contributed by atoms with Crippen molar-refractivity contribution >= 4 is 28.5 Å². The first-order chi connectivity index (χ1) is 13.4. The third-order valence-corrected chi connectivity index (χ3v) is 5.16. The van der Waals surface area contributed by atoms with E-state index < -0.39 is 0 Å². The summed E-state index contributed by atoms with van der Waals surface area (Å²) >= 11 is 0. The van der Waals surface area contributed by atoms with E-state index in [9.17, 15) is 9.59 Å². The maximum atomic E-state index is 12.6. The van der Waals surface area contributed by atoms with Gasteiger partial charge >= 0.3 is 0 Å². The lowest BCUT2D eigenvalue weighted by molar-refractivity contribution is -0.132. The SMILES string of the molecule is CCc1ccc2c(CC(=O)N(C)CC(=O)Nc3cccc(C)c3C)coc2c1. The Morgan fingerprint density at radius 3 is 2.68 bits per heavy atom. The van der Waals surface area contributed by atoms with Gasteiger partial charge in [-0.3, -0.25) is 9.59 Å². The Morgan fingerprint density at radius 2 is 1.93 bits per heavy atom. The van der Waals surface area contributed by atoms with Crippen LogP contribution in [0.3, 0.4) is 0 Å². The number of carbonyl (C=O) groups excluding carboxylic acids is 2. The van der Waals surface area contributed by atoms with Crippen LogP contribution < -0.4 is 5.32 Å². The zero-order valence-electron chi connectivity index (χ0n) is 16.8. The monoisotopic (exact) mass is 378 g/mol. The van der Waals surface area contributed by atoms with Crippen molar-refractivity contribution in [2.45, 2.75) is 33.6 Å². The number of likely N-dealkylation sites (N-methyl/N-ethyl adjacent to an activating group) is 1. The molecule has 0 atom stereocenters. The first-order valence-corrected chi connectivity index (χ1v) is 9.48. The van der Waals surface area contributed by atoms with Crippen LogP contribution in [0.2, 0.25) is 0 Å². The Morgan fingerprint density at radius 1 is 1.14 bits per heavy atom. The third-order valence-electron chi connectivity index (χ3n) is 5.16. The molecule has 0 unspecified atom stereocenters. The van der Waals surface area contributed by atoms with Crippen LogP contribution in [0, 0.1) is 13.8 Å². The van der Waals surface area contributed by atoms with E-state index in [1.807, 2.05) is 50.2 Å². The van der Waals surface area contributed by atoms with Gasteiger partial charge in [0.15, 0.2) is 0 Å². The fourth-order valence-electron chi connectivity index (χ4n) is 3.16. The quantitative estimate of drug-likeness (QED) is 0.697. The average Bonchev–Trinajstić information content (AvgIpc) is 3.07. The molecule has 0 aliphatic carbocycles. The number of benzene rings is 2. The van der Waals surface area contributed by atoms with Crippen molar-refractivity contribution < 1.29 is 14.0 Å². The Labute approximate surface area is 165 Å². The number of furan rings is 1. The number of rotatable bonds is 6. The molecule has 3 rings (SSSR count). The van der Waals surface area contributed by atoms with E-state index >= 15 is 0 Å². The number of nitrogens with one attached hydrogen (secondary N) is 1. The second kappa shape index (κ2) is 8.30. The summed E-state index contributed by atoms with van der Waals surface area (Å²) in [5.41, 5.74) is 5.74. The highest BCUT2D eigenvalue weighted by Gasteiger charge is 2.17. The summed E-state index contributed by atoms with van der Waals surface area (Å²) in [5.74, 6) is -0.340. The van der Waals surface area contributed by atoms with Crippen LogP contribution in [0.25, 0.3) is 11.0 Å². The van der Waals surface area contributed by atoms with Gasteiger partial charge < -0.3 is 14.6 Å². The van der Waals surface area contributed by atoms with Crippen molar-refractivity contribution in [3.05, 3.63) is 64.9 Å². The predicted octanol–water partition coefficient (Wildman–Crippen LogP) is 4.25. The van der Waals surface area contributed by atoms with Gasteiger partial charge in [0.25, 0.3) is 0 Å². The number of fused-ring (bicyclic) bond motifs is 1. The molecule has 146 valence electrons. The van der Waals surface area contributed by atoms with Crippen molar-refractivity contribution in [1.82, 2.24) is 4.90 Å². The van der Waals surface area contributed by atoms with Crippen molar-refractivity contribution in [3.8, 4) is 0 Å². The summed E-state index contributed by atoms with van der Waals surface area (Å²) in [6.07, 6.45) is 2.76. The third kappa shape index (κ3) is 4.25. The lowest BCUT2D eigenvalue weighted by Crippen LogP contribution is -2.35. The Hall–Kier alpha value is -3.08. The van der Waals surface area contributed by atoms with E-state index in [4.69, 9.17) is 4.42 Å². The first-order valence-electron chi connectivity index (χ1n) is 9.48. The van der Waals surface area contributed by atoms with Crippen LogP contribution >= 0.6 is 0 Å². The fraction of sp³-hybridized carbons (Fsp3) is 0.304. The highest BCUT2D eigenvalue weighted by atomic mass is 16.3. The highest BCUT2D eigenvalue weighted by molar-refractivity contribution is 5.96. The minimum absolute atomic E-state index is 0.00197. The van der Waals surface area contributed by atoms with E-state index in [-0.39, 0.29) is 24.8 Å². The number of hydrogen-bond donors (Lipinski definition) is 1. The van der Waals surface area contributed by atoms with E-state index in [0.717, 1.165) is 39.8 Å². The predicted molar refractivity (Wildman–Crippen MR) is 111 cm³/mol. The normalized spacial score (nSPS) is 10.9. The minimum Gasteiger partial charge on any atom is -0.464 e. The number of nitrogens with zero attached hydrogens (tertiary/aromatic N) is 1. The van der Waals surface area contributed by atoms with Gasteiger partial charge in [-0.25, -0.2) is 0 Å². The number of anilines is 1. The molecule has 0 bridgehead atoms. The van der Waals surface area contributed by atoms with Crippen molar-refractivity contribution in [2.24, 2.45) is 0 Å². The van der Waals surface area contributed by atoms with Gasteiger partial charge in [0, 0.05) is 23.7 Å². The number of aryl methyl sites for hydroxylation is 2. The molecule has 5 nitrogen and oxygen atoms in total. The van der Waals surface area contributed by atoms with Gasteiger partial charge in [-0.15, -0.1) is 0 Å². The van der Waals surface area contributed by atoms with E-state index in [1.54, 1.807) is 13.3 Å². The summed E-state index contributed by atoms with van der Waals surface area (Å²) in [4.78, 5) is 26.4. The van der Waals surface area contributed by atoms with E-state index in [0.29, 0.717) is 0 Å². The van der Waals surface area contributed by atoms with Crippen LogP contribution in [-0.4, -0.2) is 30.3 Å². The van der Waals surface area contributed by atoms with Gasteiger partial charge in [0.2, 0.25) is 11.8 Å². The molecule has 0 saturated heterocycles. The summed E-state index contributed by atoms with van der Waals surface area (Å²) in [6, 6.07) is 11.8. The number of carbonyl (C=O) groups is 2. The second-order valence-electron chi connectivity index (χ2n) is 7.17. The standard InChI is InChI=1S/C23H26N2O3/c1-5-17-9-10-19-18(14-28-21(19)11-17)12-23(27)25(4)13-22(26)24-20-8-6-7-15(2)16(20)3/h6-11,14H,5,12-13H2,1-4H3,(H,24,26). The molecule has 2 aromatic carbocycles. The highest BCUT2D eigenvalue weighted by Crippen LogP contribution is 2.23. The topological polar surface area (TPSA) is 62.6 Å². The van der Waals surface area contributed by atoms with Crippen LogP contribution in [0.15, 0.2) is 47.1 Å². The van der Waals surface area contributed by atoms with Gasteiger partial charge in [-0.1, -0.05) is 31.2 Å². The Bertz CT molecular complexity index is 1020. The van der Waals surface area contributed by atoms with Crippen LogP contribution in [0.4, 0.5) is 5.69 Å². The lowest BCUT2D eigenvalue weighted by atomic mass is 10.1. The largest absolute Gasteiger partial charge is 0.464 e. The molecule has 2 amide bonds. The summed E-state index contributed by atoms with van der Waals surface area (Å²) < 4.78 is 5.61. The average molecular weight is 378 g/mol. The molecule has 0 aliphatic rings. The summed E-state index contributed by atoms with van der Waals surface area (Å²) in [6.45, 7) is 6.06. The molecular formula is C23H26N2O3. The van der Waals surface area contributed by atoms with Gasteiger partial charge in [0.05, 0.1) is 19.2 Å². The molecule has 1 N–H and O–H groups in total. The lowest BCUT2D eigenvalue weighted by Gasteiger charge is -2.17. The van der Waals surface area contributed by atoms with E-state index in [2.05, 4.69) is 12.2 Å². The molecule has 0 saturated carbocycles. The molecule has 0 radical (unpaired) electrons. The first kappa shape index (κ1) is 19.7. The van der Waals surface area contributed by atoms with Crippen LogP contribution in [0.5, 0.6) is 0 Å². The molecule has 28 heavy (non-hydrogen) atoms. The van der Waals surface area contributed by atoms with Crippen molar-refractivity contribution in [1.29, 1.82) is 0 Å². The minimum atomic E-state index is -0.214. The van der Waals surface area contributed by atoms with Crippen LogP contribution in [-0.2, 0) is 22.4 Å². The maximum Gasteiger partial charge on any atom is 0.243 e. The van der Waals surface area contributed by atoms with E-state index in [1.165, 1.54) is 10.5 Å². The van der Waals surface area contributed by atoms with Crippen molar-refractivity contribution in [3.63, 3.8) is 0 Å². The molecule has 1 heterocycles. The Kier molecular flexibility index (Phi) is 5.83. The molecule has 1 aromatic heterocycles. The zero-order valence-corrected chi connectivity index (χ0v) is 16.8.